The average molecular weight is 738 g/mol. The Kier molecular flexibility index (Phi) is 16.5. The Morgan fingerprint density at radius 3 is 2.33 bits per heavy atom. The minimum Gasteiger partial charge on any atom is -0.481 e. The SMILES string of the molecule is CC(C)C[C@@H](C=O)NC(=O)CNC(=O)[C@H](CC(C)C)NC(=O)[C@@H]1CCCN1C(=O)[C@H](CCC(=O)O)NC(=O)CCCCC1SCC2NC(=O)NC21. The number of nitrogens with zero attached hydrogens (tertiary/aromatic N) is 1. The predicted octanol–water partition coefficient (Wildman–Crippen LogP) is 0.430. The smallest absolute Gasteiger partial charge is 0.315 e. The van der Waals surface area contributed by atoms with E-state index in [1.54, 1.807) is 11.8 Å². The van der Waals surface area contributed by atoms with E-state index in [0.29, 0.717) is 32.0 Å². The molecule has 16 nitrogen and oxygen atoms in total. The second kappa shape index (κ2) is 20.2. The highest BCUT2D eigenvalue weighted by molar-refractivity contribution is 8.00. The lowest BCUT2D eigenvalue weighted by Crippen LogP contribution is -2.57. The van der Waals surface area contributed by atoms with Crippen molar-refractivity contribution in [1.29, 1.82) is 0 Å². The maximum Gasteiger partial charge on any atom is 0.315 e. The molecule has 0 aromatic carbocycles. The number of unbranched alkanes of at least 4 members (excludes halogenated alkanes) is 1. The minimum absolute atomic E-state index is 0.00768. The van der Waals surface area contributed by atoms with Crippen LogP contribution < -0.4 is 31.9 Å². The van der Waals surface area contributed by atoms with Crippen molar-refractivity contribution >= 4 is 59.6 Å². The van der Waals surface area contributed by atoms with Crippen LogP contribution in [0, 0.1) is 11.8 Å². The molecule has 7 amide bonds. The zero-order valence-electron chi connectivity index (χ0n) is 30.0. The first-order chi connectivity index (χ1) is 24.2. The lowest BCUT2D eigenvalue weighted by Gasteiger charge is -2.30. The Bertz CT molecular complexity index is 1280. The highest BCUT2D eigenvalue weighted by Crippen LogP contribution is 2.33. The van der Waals surface area contributed by atoms with Crippen LogP contribution >= 0.6 is 11.8 Å². The summed E-state index contributed by atoms with van der Waals surface area (Å²) in [4.78, 5) is 101. The summed E-state index contributed by atoms with van der Waals surface area (Å²) in [5.74, 6) is -2.77. The van der Waals surface area contributed by atoms with Crippen molar-refractivity contribution in [2.45, 2.75) is 133 Å². The van der Waals surface area contributed by atoms with Gasteiger partial charge in [0.1, 0.15) is 24.4 Å². The van der Waals surface area contributed by atoms with Crippen molar-refractivity contribution in [1.82, 2.24) is 36.8 Å². The van der Waals surface area contributed by atoms with Gasteiger partial charge in [-0.2, -0.15) is 11.8 Å². The average Bonchev–Trinajstić information content (AvgIpc) is 3.79. The van der Waals surface area contributed by atoms with Crippen LogP contribution in [0.15, 0.2) is 0 Å². The quantitative estimate of drug-likeness (QED) is 0.0488. The Hall–Kier alpha value is -3.89. The molecule has 0 radical (unpaired) electrons. The Labute approximate surface area is 303 Å². The number of hydrogen-bond donors (Lipinski definition) is 7. The number of likely N-dealkylation sites (tertiary alicyclic amines) is 1. The van der Waals surface area contributed by atoms with E-state index in [4.69, 9.17) is 0 Å². The number of aliphatic carboxylic acids is 1. The molecular formula is C34H55N7O9S. The molecule has 3 aliphatic heterocycles. The molecule has 51 heavy (non-hydrogen) atoms. The van der Waals surface area contributed by atoms with Gasteiger partial charge in [0.2, 0.25) is 29.5 Å². The summed E-state index contributed by atoms with van der Waals surface area (Å²) in [7, 11) is 0. The topological polar surface area (TPSA) is 232 Å². The monoisotopic (exact) mass is 737 g/mol. The molecule has 0 spiro atoms. The maximum absolute atomic E-state index is 13.7. The number of carbonyl (C=O) groups is 8. The molecule has 7 N–H and O–H groups in total. The lowest BCUT2D eigenvalue weighted by atomic mass is 10.0. The van der Waals surface area contributed by atoms with Crippen LogP contribution in [0.5, 0.6) is 0 Å². The number of carbonyl (C=O) groups excluding carboxylic acids is 7. The van der Waals surface area contributed by atoms with Gasteiger partial charge in [-0.25, -0.2) is 4.79 Å². The number of carboxylic acids is 1. The highest BCUT2D eigenvalue weighted by atomic mass is 32.2. The van der Waals surface area contributed by atoms with Gasteiger partial charge in [0, 0.05) is 30.4 Å². The Balaban J connectivity index is 1.55. The number of hydrogen-bond acceptors (Lipinski definition) is 9. The molecule has 0 aromatic heterocycles. The summed E-state index contributed by atoms with van der Waals surface area (Å²) in [6, 6.07) is -3.74. The summed E-state index contributed by atoms with van der Waals surface area (Å²) in [6.07, 6.45) is 3.89. The van der Waals surface area contributed by atoms with E-state index < -0.39 is 59.7 Å². The van der Waals surface area contributed by atoms with Gasteiger partial charge in [-0.1, -0.05) is 34.1 Å². The van der Waals surface area contributed by atoms with Crippen molar-refractivity contribution in [2.24, 2.45) is 11.8 Å². The van der Waals surface area contributed by atoms with Crippen molar-refractivity contribution in [3.05, 3.63) is 0 Å². The van der Waals surface area contributed by atoms with E-state index in [2.05, 4.69) is 31.9 Å². The Morgan fingerprint density at radius 1 is 0.941 bits per heavy atom. The summed E-state index contributed by atoms with van der Waals surface area (Å²) < 4.78 is 0. The molecule has 3 rings (SSSR count). The zero-order chi connectivity index (χ0) is 37.7. The first kappa shape index (κ1) is 41.5. The van der Waals surface area contributed by atoms with Gasteiger partial charge < -0.3 is 46.7 Å². The van der Waals surface area contributed by atoms with Gasteiger partial charge in [0.05, 0.1) is 24.7 Å². The highest BCUT2D eigenvalue weighted by Gasteiger charge is 2.43. The van der Waals surface area contributed by atoms with Gasteiger partial charge in [0.25, 0.3) is 0 Å². The Morgan fingerprint density at radius 2 is 1.67 bits per heavy atom. The molecule has 3 saturated heterocycles. The summed E-state index contributed by atoms with van der Waals surface area (Å²) in [5, 5.41) is 26.0. The normalized spacial score (nSPS) is 22.7. The van der Waals surface area contributed by atoms with Gasteiger partial charge in [-0.15, -0.1) is 0 Å². The van der Waals surface area contributed by atoms with Crippen molar-refractivity contribution < 1.29 is 43.5 Å². The van der Waals surface area contributed by atoms with Gasteiger partial charge in [-0.3, -0.25) is 28.8 Å². The number of thioether (sulfide) groups is 1. The number of amides is 7. The molecule has 7 atom stereocenters. The molecule has 0 bridgehead atoms. The van der Waals surface area contributed by atoms with E-state index >= 15 is 0 Å². The number of nitrogens with one attached hydrogen (secondary N) is 6. The zero-order valence-corrected chi connectivity index (χ0v) is 30.9. The van der Waals surface area contributed by atoms with E-state index in [-0.39, 0.29) is 74.0 Å². The largest absolute Gasteiger partial charge is 0.481 e. The van der Waals surface area contributed by atoms with E-state index in [9.17, 15) is 43.5 Å². The van der Waals surface area contributed by atoms with Gasteiger partial charge >= 0.3 is 12.0 Å². The first-order valence-electron chi connectivity index (χ1n) is 18.0. The summed E-state index contributed by atoms with van der Waals surface area (Å²) in [5.41, 5.74) is 0. The third kappa shape index (κ3) is 13.3. The molecule has 286 valence electrons. The van der Waals surface area contributed by atoms with Crippen LogP contribution in [0.3, 0.4) is 0 Å². The van der Waals surface area contributed by atoms with Crippen LogP contribution in [0.2, 0.25) is 0 Å². The molecule has 0 aliphatic carbocycles. The van der Waals surface area contributed by atoms with E-state index in [1.165, 1.54) is 4.90 Å². The molecular weight excluding hydrogens is 682 g/mol. The van der Waals surface area contributed by atoms with Gasteiger partial charge in [0.15, 0.2) is 0 Å². The minimum atomic E-state index is -1.15. The maximum atomic E-state index is 13.7. The second-order valence-electron chi connectivity index (χ2n) is 14.5. The fraction of sp³-hybridized carbons (Fsp3) is 0.765. The fourth-order valence-electron chi connectivity index (χ4n) is 6.74. The third-order valence-electron chi connectivity index (χ3n) is 9.20. The molecule has 3 heterocycles. The van der Waals surface area contributed by atoms with Crippen LogP contribution in [0.1, 0.15) is 91.9 Å². The third-order valence-corrected chi connectivity index (χ3v) is 10.7. The van der Waals surface area contributed by atoms with Crippen molar-refractivity contribution in [2.75, 3.05) is 18.8 Å². The molecule has 3 fully saturated rings. The summed E-state index contributed by atoms with van der Waals surface area (Å²) >= 11 is 1.79. The van der Waals surface area contributed by atoms with Gasteiger partial charge in [-0.05, 0) is 56.8 Å². The van der Waals surface area contributed by atoms with Crippen molar-refractivity contribution in [3.63, 3.8) is 0 Å². The number of rotatable bonds is 21. The number of aldehydes is 1. The number of carboxylic acid groups (broad SMARTS) is 1. The fourth-order valence-corrected chi connectivity index (χ4v) is 8.29. The van der Waals surface area contributed by atoms with Crippen molar-refractivity contribution in [3.8, 4) is 0 Å². The standard InChI is InChI=1S/C34H55N7O9S/c1-19(2)14-21(17-42)36-28(44)16-35-31(47)23(15-20(3)4)38-32(48)25-8-7-13-41(25)33(49)22(11-12-29(45)46)37-27(43)10-6-5-9-26-30-24(18-51-26)39-34(50)40-30/h17,19-26,30H,5-16,18H2,1-4H3,(H,35,47)(H,36,44)(H,37,43)(H,38,48)(H,45,46)(H2,39,40,50)/t21-,22-,23-,24?,25-,26?,30?/m0/s1. The van der Waals surface area contributed by atoms with Crippen LogP contribution in [0.25, 0.3) is 0 Å². The molecule has 3 aliphatic rings. The lowest BCUT2D eigenvalue weighted by molar-refractivity contribution is -0.143. The predicted molar refractivity (Wildman–Crippen MR) is 189 cm³/mol. The van der Waals surface area contributed by atoms with E-state index in [1.807, 2.05) is 27.7 Å². The van der Waals surface area contributed by atoms with Crippen LogP contribution in [-0.2, 0) is 33.6 Å². The first-order valence-corrected chi connectivity index (χ1v) is 19.1. The molecule has 3 unspecified atom stereocenters. The summed E-state index contributed by atoms with van der Waals surface area (Å²) in [6.45, 7) is 7.41. The second-order valence-corrected chi connectivity index (χ2v) is 15.7. The number of urea groups is 1. The number of fused-ring (bicyclic) bond motifs is 1. The molecule has 17 heteroatoms. The van der Waals surface area contributed by atoms with Crippen LogP contribution in [0.4, 0.5) is 4.79 Å². The molecule has 0 saturated carbocycles. The van der Waals surface area contributed by atoms with Crippen LogP contribution in [-0.4, -0.2) is 118 Å². The molecule has 0 aromatic rings. The van der Waals surface area contributed by atoms with E-state index in [0.717, 1.165) is 18.6 Å².